The van der Waals surface area contributed by atoms with Crippen LogP contribution in [0.15, 0.2) is 48.5 Å². The molecule has 2 fully saturated rings. The molecule has 2 aromatic carbocycles. The standard InChI is InChI=1S/C23H25ClFNO3S/c24-18-9-7-17(8-10-18)23(12-3-4-13-23)22(27)26-14-11-21(30(28,29)16-15-26)19-5-1-2-6-20(19)25/h1-2,5-10,21H,3-4,11-16H2. The van der Waals surface area contributed by atoms with Crippen molar-refractivity contribution < 1.29 is 17.6 Å². The number of halogens is 2. The average Bonchev–Trinajstić information content (AvgIpc) is 3.16. The summed E-state index contributed by atoms with van der Waals surface area (Å²) in [6, 6.07) is 13.4. The number of nitrogens with zero attached hydrogens (tertiary/aromatic N) is 1. The molecule has 0 bridgehead atoms. The predicted octanol–water partition coefficient (Wildman–Crippen LogP) is 4.68. The van der Waals surface area contributed by atoms with Gasteiger partial charge in [0.25, 0.3) is 0 Å². The maximum Gasteiger partial charge on any atom is 0.233 e. The molecular formula is C23H25ClFNO3S. The molecule has 0 aromatic heterocycles. The fraction of sp³-hybridized carbons (Fsp3) is 0.435. The summed E-state index contributed by atoms with van der Waals surface area (Å²) in [6.45, 7) is 0.438. The van der Waals surface area contributed by atoms with E-state index in [0.717, 1.165) is 31.2 Å². The van der Waals surface area contributed by atoms with E-state index in [9.17, 15) is 17.6 Å². The molecule has 2 aromatic rings. The molecule has 0 spiro atoms. The number of carbonyl (C=O) groups is 1. The lowest BCUT2D eigenvalue weighted by Gasteiger charge is -2.34. The lowest BCUT2D eigenvalue weighted by Crippen LogP contribution is -2.46. The minimum Gasteiger partial charge on any atom is -0.341 e. The van der Waals surface area contributed by atoms with Crippen LogP contribution < -0.4 is 0 Å². The molecule has 1 heterocycles. The van der Waals surface area contributed by atoms with E-state index in [1.807, 2.05) is 12.1 Å². The summed E-state index contributed by atoms with van der Waals surface area (Å²) in [6.07, 6.45) is 3.60. The molecule has 4 nitrogen and oxygen atoms in total. The number of hydrogen-bond donors (Lipinski definition) is 0. The van der Waals surface area contributed by atoms with Crippen LogP contribution in [-0.2, 0) is 20.0 Å². The molecule has 0 radical (unpaired) electrons. The van der Waals surface area contributed by atoms with Crippen molar-refractivity contribution in [2.24, 2.45) is 0 Å². The lowest BCUT2D eigenvalue weighted by molar-refractivity contribution is -0.137. The van der Waals surface area contributed by atoms with Crippen molar-refractivity contribution >= 4 is 27.3 Å². The molecule has 2 aliphatic rings. The van der Waals surface area contributed by atoms with E-state index >= 15 is 0 Å². The van der Waals surface area contributed by atoms with Gasteiger partial charge in [-0.15, -0.1) is 0 Å². The van der Waals surface area contributed by atoms with Gasteiger partial charge in [0.05, 0.1) is 16.4 Å². The minimum absolute atomic E-state index is 0.0216. The fourth-order valence-electron chi connectivity index (χ4n) is 4.91. The Morgan fingerprint density at radius 1 is 1.03 bits per heavy atom. The van der Waals surface area contributed by atoms with Gasteiger partial charge in [-0.2, -0.15) is 0 Å². The largest absolute Gasteiger partial charge is 0.341 e. The average molecular weight is 450 g/mol. The number of hydrogen-bond acceptors (Lipinski definition) is 3. The van der Waals surface area contributed by atoms with Gasteiger partial charge in [-0.3, -0.25) is 4.79 Å². The van der Waals surface area contributed by atoms with E-state index in [4.69, 9.17) is 11.6 Å². The molecule has 160 valence electrons. The number of rotatable bonds is 3. The molecule has 1 unspecified atom stereocenters. The first-order chi connectivity index (χ1) is 14.3. The van der Waals surface area contributed by atoms with E-state index < -0.39 is 26.3 Å². The van der Waals surface area contributed by atoms with Crippen molar-refractivity contribution in [3.8, 4) is 0 Å². The predicted molar refractivity (Wildman–Crippen MR) is 116 cm³/mol. The first-order valence-corrected chi connectivity index (χ1v) is 12.4. The van der Waals surface area contributed by atoms with E-state index in [2.05, 4.69) is 0 Å². The lowest BCUT2D eigenvalue weighted by atomic mass is 9.77. The highest BCUT2D eigenvalue weighted by Gasteiger charge is 2.46. The van der Waals surface area contributed by atoms with E-state index in [1.54, 1.807) is 29.2 Å². The zero-order valence-corrected chi connectivity index (χ0v) is 18.3. The van der Waals surface area contributed by atoms with Crippen LogP contribution in [0.4, 0.5) is 4.39 Å². The summed E-state index contributed by atoms with van der Waals surface area (Å²) in [5, 5.41) is -0.306. The van der Waals surface area contributed by atoms with Crippen LogP contribution in [0.2, 0.25) is 5.02 Å². The Labute approximate surface area is 182 Å². The van der Waals surface area contributed by atoms with Gasteiger partial charge in [0.1, 0.15) is 5.82 Å². The molecular weight excluding hydrogens is 425 g/mol. The summed E-state index contributed by atoms with van der Waals surface area (Å²) in [7, 11) is -3.57. The van der Waals surface area contributed by atoms with Gasteiger partial charge in [0, 0.05) is 23.7 Å². The topological polar surface area (TPSA) is 54.5 Å². The van der Waals surface area contributed by atoms with Gasteiger partial charge in [-0.1, -0.05) is 54.8 Å². The number of carbonyl (C=O) groups excluding carboxylic acids is 1. The van der Waals surface area contributed by atoms with Crippen LogP contribution in [0.3, 0.4) is 0 Å². The van der Waals surface area contributed by atoms with Gasteiger partial charge in [-0.05, 0) is 43.0 Å². The van der Waals surface area contributed by atoms with Gasteiger partial charge in [0.2, 0.25) is 5.91 Å². The molecule has 1 saturated carbocycles. The van der Waals surface area contributed by atoms with Gasteiger partial charge in [-0.25, -0.2) is 12.8 Å². The molecule has 0 N–H and O–H groups in total. The molecule has 1 aliphatic heterocycles. The summed E-state index contributed by atoms with van der Waals surface area (Å²) < 4.78 is 40.1. The normalized spacial score (nSPS) is 23.1. The molecule has 1 amide bonds. The number of sulfone groups is 1. The first-order valence-electron chi connectivity index (χ1n) is 10.3. The van der Waals surface area contributed by atoms with Crippen molar-refractivity contribution in [1.29, 1.82) is 0 Å². The van der Waals surface area contributed by atoms with Crippen molar-refractivity contribution in [1.82, 2.24) is 4.90 Å². The highest BCUT2D eigenvalue weighted by molar-refractivity contribution is 7.91. The number of benzene rings is 2. The Balaban J connectivity index is 1.62. The van der Waals surface area contributed by atoms with E-state index in [-0.39, 0.29) is 30.2 Å². The van der Waals surface area contributed by atoms with Gasteiger partial charge >= 0.3 is 0 Å². The van der Waals surface area contributed by atoms with Crippen LogP contribution in [0.5, 0.6) is 0 Å². The Morgan fingerprint density at radius 3 is 2.37 bits per heavy atom. The monoisotopic (exact) mass is 449 g/mol. The van der Waals surface area contributed by atoms with Crippen LogP contribution in [0.25, 0.3) is 0 Å². The summed E-state index contributed by atoms with van der Waals surface area (Å²) in [5.41, 5.74) is 0.499. The minimum atomic E-state index is -3.57. The second kappa shape index (κ2) is 8.31. The third kappa shape index (κ3) is 3.87. The SMILES string of the molecule is O=C(N1CCC(c2ccccc2F)S(=O)(=O)CC1)C1(c2ccc(Cl)cc2)CCCC1. The summed E-state index contributed by atoms with van der Waals surface area (Å²) in [5.74, 6) is -0.694. The molecule has 1 aliphatic carbocycles. The van der Waals surface area contributed by atoms with Crippen molar-refractivity contribution in [3.05, 3.63) is 70.5 Å². The van der Waals surface area contributed by atoms with Gasteiger partial charge < -0.3 is 4.90 Å². The highest BCUT2D eigenvalue weighted by Crippen LogP contribution is 2.43. The first kappa shape index (κ1) is 21.3. The Kier molecular flexibility index (Phi) is 5.90. The molecule has 7 heteroatoms. The summed E-state index contributed by atoms with van der Waals surface area (Å²) in [4.78, 5) is 15.4. The maximum atomic E-state index is 14.3. The fourth-order valence-corrected chi connectivity index (χ4v) is 6.84. The third-order valence-electron chi connectivity index (χ3n) is 6.54. The van der Waals surface area contributed by atoms with Crippen molar-refractivity contribution in [3.63, 3.8) is 0 Å². The third-order valence-corrected chi connectivity index (χ3v) is 8.90. The molecule has 4 rings (SSSR count). The highest BCUT2D eigenvalue weighted by atomic mass is 35.5. The molecule has 1 atom stereocenters. The second-order valence-electron chi connectivity index (χ2n) is 8.25. The summed E-state index contributed by atoms with van der Waals surface area (Å²) >= 11 is 6.04. The maximum absolute atomic E-state index is 14.3. The number of amides is 1. The van der Waals surface area contributed by atoms with Crippen LogP contribution in [0, 0.1) is 5.82 Å². The second-order valence-corrected chi connectivity index (χ2v) is 11.0. The quantitative estimate of drug-likeness (QED) is 0.683. The van der Waals surface area contributed by atoms with Gasteiger partial charge in [0.15, 0.2) is 9.84 Å². The smallest absolute Gasteiger partial charge is 0.233 e. The van der Waals surface area contributed by atoms with Crippen molar-refractivity contribution in [2.75, 3.05) is 18.8 Å². The molecule has 30 heavy (non-hydrogen) atoms. The van der Waals surface area contributed by atoms with Crippen LogP contribution in [0.1, 0.15) is 48.5 Å². The Morgan fingerprint density at radius 2 is 1.70 bits per heavy atom. The van der Waals surface area contributed by atoms with Crippen molar-refractivity contribution in [2.45, 2.75) is 42.8 Å². The zero-order chi connectivity index (χ0) is 21.4. The van der Waals surface area contributed by atoms with Crippen LogP contribution in [-0.4, -0.2) is 38.1 Å². The Hall–Kier alpha value is -1.92. The molecule has 1 saturated heterocycles. The van der Waals surface area contributed by atoms with E-state index in [1.165, 1.54) is 12.1 Å². The zero-order valence-electron chi connectivity index (χ0n) is 16.7. The van der Waals surface area contributed by atoms with E-state index in [0.29, 0.717) is 11.6 Å². The van der Waals surface area contributed by atoms with Crippen LogP contribution >= 0.6 is 11.6 Å². The Bertz CT molecular complexity index is 1030.